The molecule has 2 nitrogen and oxygen atoms in total. The molecule has 0 aliphatic rings. The van der Waals surface area contributed by atoms with Crippen molar-refractivity contribution < 1.29 is 10.2 Å². The van der Waals surface area contributed by atoms with E-state index in [0.29, 0.717) is 0 Å². The van der Waals surface area contributed by atoms with Crippen LogP contribution in [-0.2, 0) is 0 Å². The monoisotopic (exact) mass is 138 g/mol. The molecule has 0 spiro atoms. The predicted octanol–water partition coefficient (Wildman–Crippen LogP) is -0.409. The summed E-state index contributed by atoms with van der Waals surface area (Å²) in [6, 6.07) is 0. The Bertz CT molecular complexity index is 115. The zero-order valence-electron chi connectivity index (χ0n) is 6.63. The minimum absolute atomic E-state index is 0.938. The quantitative estimate of drug-likeness (QED) is 0.509. The minimum Gasteiger partial charge on any atom is -0.388 e. The lowest BCUT2D eigenvalue weighted by Crippen LogP contribution is -2.51. The molecule has 0 saturated carbocycles. The fourth-order valence-corrected chi connectivity index (χ4v) is 0.408. The molecule has 0 amide bonds. The summed E-state index contributed by atoms with van der Waals surface area (Å²) in [5, 5.41) is 18.7. The Morgan fingerprint density at radius 3 is 1.40 bits per heavy atom. The van der Waals surface area contributed by atoms with Gasteiger partial charge < -0.3 is 10.2 Å². The summed E-state index contributed by atoms with van der Waals surface area (Å²) in [7, 11) is 10.4. The normalized spacial score (nSPS) is 19.0. The predicted molar refractivity (Wildman–Crippen MR) is 42.2 cm³/mol. The first kappa shape index (κ1) is 10.0. The van der Waals surface area contributed by atoms with Crippen LogP contribution in [0, 0.1) is 0 Å². The topological polar surface area (TPSA) is 40.5 Å². The van der Waals surface area contributed by atoms with Gasteiger partial charge in [-0.15, -0.1) is 0 Å². The molecule has 4 heteroatoms. The first-order chi connectivity index (χ1) is 4.19. The molecule has 0 aromatic heterocycles. The summed E-state index contributed by atoms with van der Waals surface area (Å²) < 4.78 is 0. The highest BCUT2D eigenvalue weighted by Gasteiger charge is 2.39. The fourth-order valence-electron chi connectivity index (χ4n) is 0.408. The van der Waals surface area contributed by atoms with Gasteiger partial charge >= 0.3 is 0 Å². The van der Waals surface area contributed by atoms with E-state index in [1.807, 2.05) is 0 Å². The lowest BCUT2D eigenvalue weighted by Gasteiger charge is -2.39. The molecule has 2 N–H and O–H groups in total. The Balaban J connectivity index is 4.40. The Labute approximate surface area is 64.5 Å². The van der Waals surface area contributed by atoms with Gasteiger partial charge in [-0.3, -0.25) is 0 Å². The van der Waals surface area contributed by atoms with Gasteiger partial charge in [0.15, 0.2) is 0 Å². The Kier molecular flexibility index (Phi) is 2.60. The highest BCUT2D eigenvalue weighted by atomic mass is 16.4. The van der Waals surface area contributed by atoms with Crippen molar-refractivity contribution in [2.24, 2.45) is 0 Å². The van der Waals surface area contributed by atoms with Gasteiger partial charge in [0, 0.05) is 0 Å². The molecule has 0 heterocycles. The maximum atomic E-state index is 9.43. The Hall–Kier alpha value is 0.0499. The lowest BCUT2D eigenvalue weighted by molar-refractivity contribution is -0.112. The molecule has 1 atom stereocenters. The lowest BCUT2D eigenvalue weighted by atomic mass is 9.57. The first-order valence-electron chi connectivity index (χ1n) is 3.15. The van der Waals surface area contributed by atoms with Crippen LogP contribution in [0.1, 0.15) is 20.8 Å². The Morgan fingerprint density at radius 2 is 1.40 bits per heavy atom. The molecule has 0 fully saturated rings. The molecule has 0 aromatic carbocycles. The SMILES string of the molecule is [B]C([B])C(C)(O)C(C)(C)O. The van der Waals surface area contributed by atoms with Crippen molar-refractivity contribution in [1.82, 2.24) is 0 Å². The molecule has 0 aliphatic carbocycles. The number of rotatable bonds is 2. The van der Waals surface area contributed by atoms with E-state index >= 15 is 0 Å². The van der Waals surface area contributed by atoms with Crippen molar-refractivity contribution in [3.63, 3.8) is 0 Å². The summed E-state index contributed by atoms with van der Waals surface area (Å²) >= 11 is 0. The Morgan fingerprint density at radius 1 is 1.10 bits per heavy atom. The second kappa shape index (κ2) is 2.59. The average Bonchev–Trinajstić information content (AvgIpc) is 1.62. The van der Waals surface area contributed by atoms with Gasteiger partial charge in [-0.1, -0.05) is 5.72 Å². The standard InChI is InChI=1S/C6H12B2O2/c1-5(2,9)6(3,10)4(7)8/h4,9-10H,1-3H3. The van der Waals surface area contributed by atoms with Crippen molar-refractivity contribution >= 4 is 15.7 Å². The summed E-state index contributed by atoms with van der Waals surface area (Å²) in [6.45, 7) is 4.32. The summed E-state index contributed by atoms with van der Waals surface area (Å²) in [5.41, 5.74) is -3.67. The van der Waals surface area contributed by atoms with Crippen molar-refractivity contribution in [2.75, 3.05) is 0 Å². The van der Waals surface area contributed by atoms with Crippen molar-refractivity contribution in [3.05, 3.63) is 0 Å². The molecule has 0 aromatic rings. The maximum absolute atomic E-state index is 9.43. The molecule has 0 saturated heterocycles. The first-order valence-corrected chi connectivity index (χ1v) is 3.15. The molecule has 0 rings (SSSR count). The number of hydrogen-bond acceptors (Lipinski definition) is 2. The molecule has 54 valence electrons. The zero-order valence-corrected chi connectivity index (χ0v) is 6.63. The van der Waals surface area contributed by atoms with Crippen molar-refractivity contribution in [2.45, 2.75) is 37.7 Å². The number of aliphatic hydroxyl groups is 2. The highest BCUT2D eigenvalue weighted by molar-refractivity contribution is 6.36. The number of hydrogen-bond donors (Lipinski definition) is 2. The molecule has 0 aliphatic heterocycles. The van der Waals surface area contributed by atoms with E-state index in [9.17, 15) is 10.2 Å². The summed E-state index contributed by atoms with van der Waals surface area (Å²) in [5.74, 6) is 0. The van der Waals surface area contributed by atoms with E-state index in [1.54, 1.807) is 0 Å². The smallest absolute Gasteiger partial charge is 0.0863 e. The van der Waals surface area contributed by atoms with Crippen molar-refractivity contribution in [1.29, 1.82) is 0 Å². The van der Waals surface area contributed by atoms with E-state index in [1.165, 1.54) is 20.8 Å². The van der Waals surface area contributed by atoms with Gasteiger partial charge in [0.2, 0.25) is 0 Å². The third-order valence-electron chi connectivity index (χ3n) is 1.89. The van der Waals surface area contributed by atoms with Gasteiger partial charge in [0.1, 0.15) is 0 Å². The molecular weight excluding hydrogens is 126 g/mol. The van der Waals surface area contributed by atoms with Crippen LogP contribution in [0.3, 0.4) is 0 Å². The molecule has 4 radical (unpaired) electrons. The van der Waals surface area contributed by atoms with Gasteiger partial charge in [-0.25, -0.2) is 0 Å². The van der Waals surface area contributed by atoms with E-state index in [4.69, 9.17) is 15.7 Å². The van der Waals surface area contributed by atoms with Crippen LogP contribution >= 0.6 is 0 Å². The molecule has 0 bridgehead atoms. The van der Waals surface area contributed by atoms with E-state index in [-0.39, 0.29) is 0 Å². The third-order valence-corrected chi connectivity index (χ3v) is 1.89. The van der Waals surface area contributed by atoms with Crippen LogP contribution in [0.2, 0.25) is 5.72 Å². The van der Waals surface area contributed by atoms with E-state index in [2.05, 4.69) is 0 Å². The fraction of sp³-hybridized carbons (Fsp3) is 1.00. The molecule has 10 heavy (non-hydrogen) atoms. The average molecular weight is 138 g/mol. The zero-order chi connectivity index (χ0) is 8.58. The van der Waals surface area contributed by atoms with E-state index in [0.717, 1.165) is 0 Å². The van der Waals surface area contributed by atoms with Crippen LogP contribution < -0.4 is 0 Å². The van der Waals surface area contributed by atoms with Crippen molar-refractivity contribution in [3.8, 4) is 0 Å². The van der Waals surface area contributed by atoms with Gasteiger partial charge in [-0.2, -0.15) is 0 Å². The second-order valence-electron chi connectivity index (χ2n) is 3.23. The third kappa shape index (κ3) is 1.77. The van der Waals surface area contributed by atoms with Crippen LogP contribution in [0.5, 0.6) is 0 Å². The van der Waals surface area contributed by atoms with Crippen LogP contribution in [0.25, 0.3) is 0 Å². The summed E-state index contributed by atoms with van der Waals surface area (Å²) in [4.78, 5) is 0. The second-order valence-corrected chi connectivity index (χ2v) is 3.23. The summed E-state index contributed by atoms with van der Waals surface area (Å²) in [6.07, 6.45) is 0. The van der Waals surface area contributed by atoms with E-state index < -0.39 is 16.9 Å². The molecular formula is C6H12B2O2. The minimum atomic E-state index is -1.45. The van der Waals surface area contributed by atoms with Gasteiger partial charge in [0.05, 0.1) is 26.9 Å². The van der Waals surface area contributed by atoms with Gasteiger partial charge in [0.25, 0.3) is 0 Å². The largest absolute Gasteiger partial charge is 0.388 e. The highest BCUT2D eigenvalue weighted by Crippen LogP contribution is 2.28. The van der Waals surface area contributed by atoms with Gasteiger partial charge in [-0.05, 0) is 20.8 Å². The van der Waals surface area contributed by atoms with Crippen LogP contribution in [0.15, 0.2) is 0 Å². The van der Waals surface area contributed by atoms with Crippen LogP contribution in [-0.4, -0.2) is 37.1 Å². The molecule has 1 unspecified atom stereocenters. The van der Waals surface area contributed by atoms with Crippen LogP contribution in [0.4, 0.5) is 0 Å². The maximum Gasteiger partial charge on any atom is 0.0863 e.